The largest absolute Gasteiger partial charge is 0.456 e. The van der Waals surface area contributed by atoms with Crippen molar-refractivity contribution in [1.82, 2.24) is 20.9 Å². The van der Waals surface area contributed by atoms with Crippen molar-refractivity contribution < 1.29 is 33.6 Å². The maximum atomic E-state index is 13.2. The van der Waals surface area contributed by atoms with E-state index in [1.807, 2.05) is 27.9 Å². The Hall–Kier alpha value is -2.77. The Bertz CT molecular complexity index is 1130. The lowest BCUT2D eigenvalue weighted by Gasteiger charge is -2.29. The zero-order valence-corrected chi connectivity index (χ0v) is 27.1. The third-order valence-electron chi connectivity index (χ3n) is 6.70. The number of allylic oxidation sites excluding steroid dienone is 1. The second-order valence-electron chi connectivity index (χ2n) is 11.3. The molecule has 0 spiro atoms. The minimum Gasteiger partial charge on any atom is -0.456 e. The van der Waals surface area contributed by atoms with Crippen LogP contribution in [0.15, 0.2) is 17.5 Å². The van der Waals surface area contributed by atoms with Crippen LogP contribution in [0.2, 0.25) is 0 Å². The van der Waals surface area contributed by atoms with Gasteiger partial charge in [0.25, 0.3) is 5.91 Å². The van der Waals surface area contributed by atoms with Gasteiger partial charge in [0.05, 0.1) is 27.1 Å². The van der Waals surface area contributed by atoms with Crippen molar-refractivity contribution in [2.45, 2.75) is 84.2 Å². The summed E-state index contributed by atoms with van der Waals surface area (Å²) in [6.07, 6.45) is 2.92. The average Bonchev–Trinajstić information content (AvgIpc) is 3.33. The van der Waals surface area contributed by atoms with Crippen LogP contribution in [0, 0.1) is 13.3 Å². The molecule has 0 aromatic carbocycles. The molecule has 3 amide bonds. The molecule has 0 saturated heterocycles. The third kappa shape index (κ3) is 10.5. The molecule has 2 rings (SSSR count). The summed E-state index contributed by atoms with van der Waals surface area (Å²) < 4.78 is 5.70. The number of hydrogen-bond donors (Lipinski definition) is 4. The van der Waals surface area contributed by atoms with E-state index < -0.39 is 41.0 Å². The number of thiazole rings is 1. The van der Waals surface area contributed by atoms with Gasteiger partial charge in [-0.05, 0) is 46.1 Å². The van der Waals surface area contributed by atoms with Crippen molar-refractivity contribution in [3.8, 4) is 0 Å². The highest BCUT2D eigenvalue weighted by Crippen LogP contribution is 2.16. The van der Waals surface area contributed by atoms with E-state index in [1.54, 1.807) is 31.4 Å². The molecule has 11 nitrogen and oxygen atoms in total. The fourth-order valence-electron chi connectivity index (χ4n) is 3.37. The number of carbonyl (C=O) groups excluding carboxylic acids is 5. The molecule has 41 heavy (non-hydrogen) atoms. The summed E-state index contributed by atoms with van der Waals surface area (Å²) in [4.78, 5) is 69.5. The maximum Gasteiger partial charge on any atom is 0.329 e. The second kappa shape index (κ2) is 15.5. The van der Waals surface area contributed by atoms with E-state index in [9.17, 15) is 24.0 Å². The number of ether oxygens (including phenoxy) is 1. The Morgan fingerprint density at radius 3 is 2.54 bits per heavy atom. The van der Waals surface area contributed by atoms with Crippen molar-refractivity contribution in [3.05, 3.63) is 35.7 Å². The van der Waals surface area contributed by atoms with Gasteiger partial charge in [0.15, 0.2) is 5.54 Å². The summed E-state index contributed by atoms with van der Waals surface area (Å²) in [5.41, 5.74) is -1.72. The molecule has 0 saturated carbocycles. The first-order chi connectivity index (χ1) is 18.5. The molecule has 1 aliphatic heterocycles. The highest BCUT2D eigenvalue weighted by molar-refractivity contribution is 8.13. The van der Waals surface area contributed by atoms with Gasteiger partial charge in [0.2, 0.25) is 16.9 Å². The van der Waals surface area contributed by atoms with E-state index in [1.165, 1.54) is 36.9 Å². The molecule has 4 N–H and O–H groups in total. The Morgan fingerprint density at radius 2 is 1.93 bits per heavy atom. The van der Waals surface area contributed by atoms with Crippen LogP contribution in [0.25, 0.3) is 0 Å². The second-order valence-corrected chi connectivity index (χ2v) is 13.3. The fourth-order valence-corrected chi connectivity index (χ4v) is 5.09. The van der Waals surface area contributed by atoms with Crippen LogP contribution in [0.5, 0.6) is 0 Å². The monoisotopic (exact) mass is 611 g/mol. The van der Waals surface area contributed by atoms with E-state index in [2.05, 4.69) is 20.9 Å². The molecule has 0 fully saturated rings. The molecule has 230 valence electrons. The normalized spacial score (nSPS) is 20.7. The highest BCUT2D eigenvalue weighted by atomic mass is 32.2. The molecule has 13 heteroatoms. The molecule has 1 aliphatic rings. The number of likely N-dealkylation sites (N-methyl/N-ethyl adjacent to an activating group) is 1. The van der Waals surface area contributed by atoms with E-state index in [0.29, 0.717) is 17.2 Å². The Morgan fingerprint density at radius 1 is 1.27 bits per heavy atom. The Balaban J connectivity index is 0.00000840. The van der Waals surface area contributed by atoms with Crippen LogP contribution in [0.4, 0.5) is 0 Å². The van der Waals surface area contributed by atoms with Gasteiger partial charge in [-0.2, -0.15) is 0 Å². The molecule has 2 bridgehead atoms. The number of hydrogen-bond acceptors (Lipinski definition) is 9. The van der Waals surface area contributed by atoms with Crippen molar-refractivity contribution >= 4 is 51.9 Å². The van der Waals surface area contributed by atoms with Gasteiger partial charge in [-0.1, -0.05) is 31.7 Å². The smallest absolute Gasteiger partial charge is 0.329 e. The molecular weight excluding hydrogens is 566 g/mol. The van der Waals surface area contributed by atoms with E-state index in [-0.39, 0.29) is 43.0 Å². The third-order valence-corrected chi connectivity index (χ3v) is 8.77. The number of aromatic nitrogens is 1. The highest BCUT2D eigenvalue weighted by Gasteiger charge is 2.36. The van der Waals surface area contributed by atoms with Gasteiger partial charge >= 0.3 is 5.97 Å². The average molecular weight is 612 g/mol. The predicted molar refractivity (Wildman–Crippen MR) is 161 cm³/mol. The number of esters is 1. The summed E-state index contributed by atoms with van der Waals surface area (Å²) in [6.45, 7) is 10.5. The van der Waals surface area contributed by atoms with E-state index in [4.69, 9.17) is 4.74 Å². The van der Waals surface area contributed by atoms with E-state index in [0.717, 1.165) is 4.90 Å². The molecular formula is C28H45N5O6S2. The molecule has 0 radical (unpaired) electrons. The van der Waals surface area contributed by atoms with Gasteiger partial charge in [-0.15, -0.1) is 11.3 Å². The van der Waals surface area contributed by atoms with Crippen LogP contribution < -0.4 is 20.9 Å². The quantitative estimate of drug-likeness (QED) is 0.156. The van der Waals surface area contributed by atoms with E-state index >= 15 is 0 Å². The van der Waals surface area contributed by atoms with Crippen LogP contribution >= 0.6 is 23.1 Å². The first-order valence-electron chi connectivity index (χ1n) is 13.2. The van der Waals surface area contributed by atoms with Crippen LogP contribution in [-0.2, 0) is 30.5 Å². The number of nitrogens with one attached hydrogen (secondary N) is 4. The number of carbonyl (C=O) groups is 5. The zero-order chi connectivity index (χ0) is 30.3. The molecule has 2 atom stereocenters. The van der Waals surface area contributed by atoms with Crippen molar-refractivity contribution in [2.24, 2.45) is 5.92 Å². The molecule has 0 aliphatic carbocycles. The molecule has 1 aromatic rings. The molecule has 0 unspecified atom stereocenters. The summed E-state index contributed by atoms with van der Waals surface area (Å²) in [5, 5.41) is 10.2. The Kier molecular flexibility index (Phi) is 13.7. The number of rotatable bonds is 7. The maximum absolute atomic E-state index is 13.2. The number of nitrogens with zero attached hydrogens (tertiary/aromatic N) is 1. The lowest BCUT2D eigenvalue weighted by molar-refractivity contribution is -0.898. The molecule has 2 heterocycles. The minimum atomic E-state index is -1.34. The topological polar surface area (TPSA) is 148 Å². The minimum absolute atomic E-state index is 0. The standard InChI is InChI=1S/C27H41N5O6S2.CH3/c1-16(2)21-23(35)38-17(11-9-10-12-39-25(37)27(5,6)32(7)8)13-19(33)28-14-20-29-18(15-40-20)22(34)31-26(3,4)24(36)30-21;/h9,11,15-17,21H,10,12-14H2,1-8H3,(H,28,33)(H,30,36)(H,31,34);1H3/q;-1/p+1/b11-9+;/t17-,21+;/m1./s1. The van der Waals surface area contributed by atoms with Crippen molar-refractivity contribution in [1.29, 1.82) is 0 Å². The Labute approximate surface area is 251 Å². The van der Waals surface area contributed by atoms with Gasteiger partial charge in [-0.3, -0.25) is 19.2 Å². The number of amides is 3. The SMILES string of the molecule is CC(C)[C@@H]1NC(=O)C(C)(C)NC(=O)c2csc(n2)CNC(=O)C[C@@H](/C=C/CCSC(=O)C(C)(C)[NH+](C)C)OC1=O.[CH3-]. The number of quaternary nitrogens is 1. The van der Waals surface area contributed by atoms with Crippen molar-refractivity contribution in [2.75, 3.05) is 19.8 Å². The fraction of sp³-hybridized carbons (Fsp3) is 0.607. The number of cyclic esters (lactones) is 1. The summed E-state index contributed by atoms with van der Waals surface area (Å²) in [7, 11) is 3.87. The van der Waals surface area contributed by atoms with Gasteiger partial charge in [-0.25, -0.2) is 9.78 Å². The first kappa shape index (κ1) is 36.3. The first-order valence-corrected chi connectivity index (χ1v) is 15.1. The summed E-state index contributed by atoms with van der Waals surface area (Å²) >= 11 is 2.45. The lowest BCUT2D eigenvalue weighted by Crippen LogP contribution is -3.15. The lowest BCUT2D eigenvalue weighted by atomic mass is 9.99. The zero-order valence-electron chi connectivity index (χ0n) is 25.5. The van der Waals surface area contributed by atoms with Crippen LogP contribution in [-0.4, -0.2) is 76.9 Å². The van der Waals surface area contributed by atoms with Crippen LogP contribution in [0.3, 0.4) is 0 Å². The van der Waals surface area contributed by atoms with Crippen LogP contribution in [0.1, 0.15) is 69.9 Å². The summed E-state index contributed by atoms with van der Waals surface area (Å²) in [5.74, 6) is -1.96. The molecule has 1 aromatic heterocycles. The van der Waals surface area contributed by atoms with Gasteiger partial charge in [0, 0.05) is 11.1 Å². The summed E-state index contributed by atoms with van der Waals surface area (Å²) in [6, 6.07) is -1.01. The van der Waals surface area contributed by atoms with Gasteiger partial charge < -0.3 is 33.0 Å². The predicted octanol–water partition coefficient (Wildman–Crippen LogP) is 1.30. The number of fused-ring (bicyclic) bond motifs is 2. The van der Waals surface area contributed by atoms with Gasteiger partial charge in [0.1, 0.15) is 28.4 Å². The number of thioether (sulfide) groups is 1. The van der Waals surface area contributed by atoms with Crippen molar-refractivity contribution in [3.63, 3.8) is 0 Å².